The highest BCUT2D eigenvalue weighted by atomic mass is 19.3. The third-order valence-corrected chi connectivity index (χ3v) is 2.68. The molecule has 4 nitrogen and oxygen atoms in total. The molecule has 1 aromatic heterocycles. The zero-order valence-electron chi connectivity index (χ0n) is 10.1. The van der Waals surface area contributed by atoms with Crippen molar-refractivity contribution in [1.29, 1.82) is 0 Å². The van der Waals surface area contributed by atoms with Crippen LogP contribution in [0.1, 0.15) is 16.8 Å². The zero-order valence-corrected chi connectivity index (χ0v) is 10.1. The number of nitrogens with one attached hydrogen (secondary N) is 1. The second-order valence-electron chi connectivity index (χ2n) is 3.86. The van der Waals surface area contributed by atoms with Crippen LogP contribution in [-0.2, 0) is 6.42 Å². The Morgan fingerprint density at radius 3 is 2.59 bits per heavy atom. The molecule has 1 rings (SSSR count). The summed E-state index contributed by atoms with van der Waals surface area (Å²) < 4.78 is 30.4. The van der Waals surface area contributed by atoms with Crippen molar-refractivity contribution in [2.45, 2.75) is 32.7 Å². The topological polar surface area (TPSA) is 60.2 Å². The number of hydrazine groups is 1. The Bertz CT molecular complexity index is 385. The van der Waals surface area contributed by atoms with Crippen LogP contribution in [0.4, 0.5) is 8.78 Å². The van der Waals surface area contributed by atoms with E-state index in [9.17, 15) is 8.78 Å². The fourth-order valence-electron chi connectivity index (χ4n) is 1.71. The number of hydrogen-bond acceptors (Lipinski definition) is 4. The van der Waals surface area contributed by atoms with Crippen LogP contribution in [0.25, 0.3) is 0 Å². The minimum absolute atomic E-state index is 0.0661. The first-order valence-corrected chi connectivity index (χ1v) is 5.24. The van der Waals surface area contributed by atoms with Crippen LogP contribution >= 0.6 is 0 Å². The lowest BCUT2D eigenvalue weighted by Crippen LogP contribution is -2.42. The fourth-order valence-corrected chi connectivity index (χ4v) is 1.71. The third-order valence-electron chi connectivity index (χ3n) is 2.68. The van der Waals surface area contributed by atoms with Crippen LogP contribution < -0.4 is 16.0 Å². The van der Waals surface area contributed by atoms with Gasteiger partial charge in [-0.15, -0.1) is 0 Å². The van der Waals surface area contributed by atoms with E-state index in [1.54, 1.807) is 20.2 Å². The van der Waals surface area contributed by atoms with E-state index < -0.39 is 12.5 Å². The van der Waals surface area contributed by atoms with Gasteiger partial charge in [0, 0.05) is 29.4 Å². The molecule has 0 aromatic carbocycles. The van der Waals surface area contributed by atoms with Crippen molar-refractivity contribution in [3.05, 3.63) is 23.0 Å². The Hall–Kier alpha value is -1.27. The van der Waals surface area contributed by atoms with Gasteiger partial charge in [0.2, 0.25) is 0 Å². The molecule has 17 heavy (non-hydrogen) atoms. The van der Waals surface area contributed by atoms with Gasteiger partial charge in [-0.3, -0.25) is 16.3 Å². The smallest absolute Gasteiger partial charge is 0.255 e. The van der Waals surface area contributed by atoms with Gasteiger partial charge < -0.3 is 4.74 Å². The molecular formula is C11H17F2N3O. The number of ether oxygens (including phenoxy) is 1. The van der Waals surface area contributed by atoms with E-state index in [-0.39, 0.29) is 6.42 Å². The molecule has 0 amide bonds. The molecule has 1 unspecified atom stereocenters. The molecule has 96 valence electrons. The number of pyridine rings is 1. The summed E-state index contributed by atoms with van der Waals surface area (Å²) in [5, 5.41) is 0. The van der Waals surface area contributed by atoms with E-state index in [1.165, 1.54) is 0 Å². The fraction of sp³-hybridized carbons (Fsp3) is 0.545. The lowest BCUT2D eigenvalue weighted by Gasteiger charge is -2.17. The molecule has 0 saturated carbocycles. The maximum Gasteiger partial charge on any atom is 0.255 e. The normalized spacial score (nSPS) is 12.9. The van der Waals surface area contributed by atoms with Gasteiger partial charge in [-0.25, -0.2) is 8.78 Å². The molecule has 3 N–H and O–H groups in total. The standard InChI is InChI=1S/C11H17F2N3O/c1-6-5-15-8(7(2)10(6)17-3)4-9(16-14)11(12)13/h5,9,11,16H,4,14H2,1-3H3. The Balaban J connectivity index is 2.99. The summed E-state index contributed by atoms with van der Waals surface area (Å²) in [6.45, 7) is 3.65. The number of aryl methyl sites for hydroxylation is 1. The van der Waals surface area contributed by atoms with Gasteiger partial charge in [0.25, 0.3) is 6.43 Å². The molecule has 6 heteroatoms. The van der Waals surface area contributed by atoms with Gasteiger partial charge in [0.1, 0.15) is 5.75 Å². The Kier molecular flexibility index (Phi) is 4.77. The van der Waals surface area contributed by atoms with Crippen LogP contribution in [0.3, 0.4) is 0 Å². The van der Waals surface area contributed by atoms with E-state index in [0.717, 1.165) is 11.1 Å². The first-order chi connectivity index (χ1) is 8.01. The maximum atomic E-state index is 12.6. The predicted octanol–water partition coefficient (Wildman–Crippen LogP) is 1.35. The SMILES string of the molecule is COc1c(C)cnc(CC(NN)C(F)F)c1C. The molecule has 0 fully saturated rings. The van der Waals surface area contributed by atoms with E-state index in [2.05, 4.69) is 10.4 Å². The first kappa shape index (κ1) is 13.8. The minimum Gasteiger partial charge on any atom is -0.496 e. The average Bonchev–Trinajstić information content (AvgIpc) is 2.28. The van der Waals surface area contributed by atoms with Crippen molar-refractivity contribution in [1.82, 2.24) is 10.4 Å². The van der Waals surface area contributed by atoms with Crippen LogP contribution in [0.15, 0.2) is 6.20 Å². The van der Waals surface area contributed by atoms with Crippen LogP contribution in [-0.4, -0.2) is 24.6 Å². The largest absolute Gasteiger partial charge is 0.496 e. The Morgan fingerprint density at radius 2 is 2.12 bits per heavy atom. The van der Waals surface area contributed by atoms with Crippen molar-refractivity contribution in [3.63, 3.8) is 0 Å². The summed E-state index contributed by atoms with van der Waals surface area (Å²) in [4.78, 5) is 4.15. The van der Waals surface area contributed by atoms with Gasteiger partial charge in [-0.1, -0.05) is 0 Å². The van der Waals surface area contributed by atoms with E-state index in [1.807, 2.05) is 6.92 Å². The van der Waals surface area contributed by atoms with Gasteiger partial charge in [-0.2, -0.15) is 0 Å². The molecule has 1 heterocycles. The molecule has 0 bridgehead atoms. The predicted molar refractivity (Wildman–Crippen MR) is 61.1 cm³/mol. The summed E-state index contributed by atoms with van der Waals surface area (Å²) >= 11 is 0. The highest BCUT2D eigenvalue weighted by Gasteiger charge is 2.21. The van der Waals surface area contributed by atoms with E-state index >= 15 is 0 Å². The monoisotopic (exact) mass is 245 g/mol. The average molecular weight is 245 g/mol. The number of methoxy groups -OCH3 is 1. The van der Waals surface area contributed by atoms with Crippen LogP contribution in [0.2, 0.25) is 0 Å². The van der Waals surface area contributed by atoms with Crippen LogP contribution in [0, 0.1) is 13.8 Å². The minimum atomic E-state index is -2.53. The quantitative estimate of drug-likeness (QED) is 0.607. The highest BCUT2D eigenvalue weighted by Crippen LogP contribution is 2.25. The Labute approximate surface area is 99.1 Å². The summed E-state index contributed by atoms with van der Waals surface area (Å²) in [6.07, 6.45) is -0.856. The summed E-state index contributed by atoms with van der Waals surface area (Å²) in [7, 11) is 1.55. The number of rotatable bonds is 5. The number of aromatic nitrogens is 1. The van der Waals surface area contributed by atoms with E-state index in [0.29, 0.717) is 11.4 Å². The molecule has 1 aromatic rings. The lowest BCUT2D eigenvalue weighted by atomic mass is 10.0. The molecule has 0 aliphatic rings. The first-order valence-electron chi connectivity index (χ1n) is 5.24. The number of nitrogens with zero attached hydrogens (tertiary/aromatic N) is 1. The number of alkyl halides is 2. The molecule has 0 radical (unpaired) electrons. The number of hydrogen-bond donors (Lipinski definition) is 2. The van der Waals surface area contributed by atoms with Gasteiger partial charge in [0.05, 0.1) is 13.2 Å². The Morgan fingerprint density at radius 1 is 1.47 bits per heavy atom. The second kappa shape index (κ2) is 5.88. The van der Waals surface area contributed by atoms with Crippen molar-refractivity contribution >= 4 is 0 Å². The number of nitrogens with two attached hydrogens (primary N) is 1. The molecule has 0 spiro atoms. The third kappa shape index (κ3) is 3.10. The molecular weight excluding hydrogens is 228 g/mol. The van der Waals surface area contributed by atoms with Crippen molar-refractivity contribution in [3.8, 4) is 5.75 Å². The molecule has 0 aliphatic heterocycles. The zero-order chi connectivity index (χ0) is 13.0. The second-order valence-corrected chi connectivity index (χ2v) is 3.86. The van der Waals surface area contributed by atoms with Gasteiger partial charge >= 0.3 is 0 Å². The van der Waals surface area contributed by atoms with Gasteiger partial charge in [-0.05, 0) is 13.8 Å². The maximum absolute atomic E-state index is 12.6. The summed E-state index contributed by atoms with van der Waals surface area (Å²) in [6, 6.07) is -1.10. The number of halogens is 2. The molecule has 0 saturated heterocycles. The van der Waals surface area contributed by atoms with Crippen LogP contribution in [0.5, 0.6) is 5.75 Å². The molecule has 0 aliphatic carbocycles. The lowest BCUT2D eigenvalue weighted by molar-refractivity contribution is 0.0979. The summed E-state index contributed by atoms with van der Waals surface area (Å²) in [5.41, 5.74) is 4.31. The van der Waals surface area contributed by atoms with Crippen molar-refractivity contribution < 1.29 is 13.5 Å². The van der Waals surface area contributed by atoms with Gasteiger partial charge in [0.15, 0.2) is 0 Å². The summed E-state index contributed by atoms with van der Waals surface area (Å²) in [5.74, 6) is 5.76. The van der Waals surface area contributed by atoms with E-state index in [4.69, 9.17) is 10.6 Å². The van der Waals surface area contributed by atoms with Crippen molar-refractivity contribution in [2.24, 2.45) is 5.84 Å². The highest BCUT2D eigenvalue weighted by molar-refractivity contribution is 5.41. The molecule has 1 atom stereocenters. The van der Waals surface area contributed by atoms with Crippen molar-refractivity contribution in [2.75, 3.05) is 7.11 Å².